The maximum absolute atomic E-state index is 11.7. The lowest BCUT2D eigenvalue weighted by Gasteiger charge is -2.10. The Morgan fingerprint density at radius 3 is 2.94 bits per heavy atom. The van der Waals surface area contributed by atoms with Gasteiger partial charge in [0.2, 0.25) is 5.91 Å². The molecule has 1 aliphatic heterocycles. The molecule has 2 heterocycles. The number of nitrogens with zero attached hydrogens (tertiary/aromatic N) is 1. The molecular weight excluding hydrogens is 222 g/mol. The van der Waals surface area contributed by atoms with E-state index in [1.807, 2.05) is 0 Å². The third-order valence-corrected chi connectivity index (χ3v) is 2.80. The van der Waals surface area contributed by atoms with Gasteiger partial charge in [0.25, 0.3) is 5.91 Å². The number of aryl methyl sites for hydroxylation is 1. The molecule has 0 aliphatic carbocycles. The summed E-state index contributed by atoms with van der Waals surface area (Å²) in [4.78, 5) is 22.7. The SMILES string of the molecule is Cc1[nH]nc(C(=O)NCC2CCC(=O)N2)c1N. The number of hydrogen-bond acceptors (Lipinski definition) is 4. The van der Waals surface area contributed by atoms with E-state index >= 15 is 0 Å². The first-order valence-corrected chi connectivity index (χ1v) is 5.46. The Morgan fingerprint density at radius 1 is 1.65 bits per heavy atom. The van der Waals surface area contributed by atoms with Crippen molar-refractivity contribution in [2.45, 2.75) is 25.8 Å². The Balaban J connectivity index is 1.89. The number of aromatic nitrogens is 2. The lowest BCUT2D eigenvalue weighted by Crippen LogP contribution is -2.38. The summed E-state index contributed by atoms with van der Waals surface area (Å²) < 4.78 is 0. The maximum Gasteiger partial charge on any atom is 0.274 e. The average molecular weight is 237 g/mol. The largest absolute Gasteiger partial charge is 0.395 e. The van der Waals surface area contributed by atoms with E-state index in [1.54, 1.807) is 6.92 Å². The highest BCUT2D eigenvalue weighted by Crippen LogP contribution is 2.12. The van der Waals surface area contributed by atoms with Crippen molar-refractivity contribution >= 4 is 17.5 Å². The minimum atomic E-state index is -0.326. The maximum atomic E-state index is 11.7. The van der Waals surface area contributed by atoms with Crippen LogP contribution in [-0.4, -0.2) is 34.6 Å². The molecule has 92 valence electrons. The molecule has 1 aromatic heterocycles. The predicted octanol–water partition coefficient (Wildman–Crippen LogP) is -0.691. The number of aromatic amines is 1. The van der Waals surface area contributed by atoms with Crippen LogP contribution in [0, 0.1) is 6.92 Å². The summed E-state index contributed by atoms with van der Waals surface area (Å²) in [6, 6.07) is 0.00714. The van der Waals surface area contributed by atoms with Crippen LogP contribution in [0.2, 0.25) is 0 Å². The normalized spacial score (nSPS) is 19.1. The van der Waals surface area contributed by atoms with E-state index < -0.39 is 0 Å². The highest BCUT2D eigenvalue weighted by molar-refractivity contribution is 5.97. The van der Waals surface area contributed by atoms with Crippen LogP contribution in [0.25, 0.3) is 0 Å². The van der Waals surface area contributed by atoms with Crippen molar-refractivity contribution < 1.29 is 9.59 Å². The number of anilines is 1. The van der Waals surface area contributed by atoms with E-state index in [0.29, 0.717) is 24.3 Å². The van der Waals surface area contributed by atoms with Gasteiger partial charge in [-0.15, -0.1) is 0 Å². The third-order valence-electron chi connectivity index (χ3n) is 2.80. The standard InChI is InChI=1S/C10H15N5O2/c1-5-8(11)9(15-14-5)10(17)12-4-6-2-3-7(16)13-6/h6H,2-4,11H2,1H3,(H,12,17)(H,13,16)(H,14,15). The van der Waals surface area contributed by atoms with Crippen LogP contribution in [0.5, 0.6) is 0 Å². The fraction of sp³-hybridized carbons (Fsp3) is 0.500. The van der Waals surface area contributed by atoms with Crippen LogP contribution in [0.4, 0.5) is 5.69 Å². The quantitative estimate of drug-likeness (QED) is 0.557. The second kappa shape index (κ2) is 4.44. The average Bonchev–Trinajstić information content (AvgIpc) is 2.84. The number of amides is 2. The van der Waals surface area contributed by atoms with Gasteiger partial charge >= 0.3 is 0 Å². The molecule has 1 aromatic rings. The Hall–Kier alpha value is -2.05. The number of nitrogens with one attached hydrogen (secondary N) is 3. The van der Waals surface area contributed by atoms with Gasteiger partial charge in [0.05, 0.1) is 11.4 Å². The van der Waals surface area contributed by atoms with Gasteiger partial charge in [-0.1, -0.05) is 0 Å². The fourth-order valence-corrected chi connectivity index (χ4v) is 1.74. The van der Waals surface area contributed by atoms with Crippen LogP contribution in [0.3, 0.4) is 0 Å². The Kier molecular flexibility index (Phi) is 2.99. The van der Waals surface area contributed by atoms with Crippen molar-refractivity contribution in [3.05, 3.63) is 11.4 Å². The zero-order valence-corrected chi connectivity index (χ0v) is 9.54. The van der Waals surface area contributed by atoms with Crippen LogP contribution in [-0.2, 0) is 4.79 Å². The summed E-state index contributed by atoms with van der Waals surface area (Å²) in [5.74, 6) is -0.299. The topological polar surface area (TPSA) is 113 Å². The molecule has 0 aromatic carbocycles. The number of rotatable bonds is 3. The van der Waals surface area contributed by atoms with E-state index in [-0.39, 0.29) is 23.6 Å². The van der Waals surface area contributed by atoms with Crippen LogP contribution >= 0.6 is 0 Å². The van der Waals surface area contributed by atoms with Crippen molar-refractivity contribution in [1.29, 1.82) is 0 Å². The molecule has 0 bridgehead atoms. The zero-order chi connectivity index (χ0) is 12.4. The Bertz CT molecular complexity index is 454. The first-order valence-electron chi connectivity index (χ1n) is 5.46. The molecule has 1 fully saturated rings. The summed E-state index contributed by atoms with van der Waals surface area (Å²) in [5, 5.41) is 11.9. The molecule has 2 rings (SSSR count). The smallest absolute Gasteiger partial charge is 0.274 e. The van der Waals surface area contributed by atoms with Crippen LogP contribution in [0.15, 0.2) is 0 Å². The molecular formula is C10H15N5O2. The van der Waals surface area contributed by atoms with E-state index in [2.05, 4.69) is 20.8 Å². The molecule has 0 spiro atoms. The molecule has 1 unspecified atom stereocenters. The highest BCUT2D eigenvalue weighted by atomic mass is 16.2. The van der Waals surface area contributed by atoms with Gasteiger partial charge in [0.15, 0.2) is 5.69 Å². The number of nitrogen functional groups attached to an aromatic ring is 1. The second-order valence-electron chi connectivity index (χ2n) is 4.12. The number of carbonyl (C=O) groups excluding carboxylic acids is 2. The summed E-state index contributed by atoms with van der Waals surface area (Å²) in [5.41, 5.74) is 6.92. The highest BCUT2D eigenvalue weighted by Gasteiger charge is 2.22. The van der Waals surface area contributed by atoms with Crippen molar-refractivity contribution in [3.8, 4) is 0 Å². The van der Waals surface area contributed by atoms with E-state index in [9.17, 15) is 9.59 Å². The van der Waals surface area contributed by atoms with Crippen molar-refractivity contribution in [3.63, 3.8) is 0 Å². The first-order chi connectivity index (χ1) is 8.08. The summed E-state index contributed by atoms with van der Waals surface area (Å²) >= 11 is 0. The lowest BCUT2D eigenvalue weighted by molar-refractivity contribution is -0.119. The molecule has 7 nitrogen and oxygen atoms in total. The van der Waals surface area contributed by atoms with E-state index in [0.717, 1.165) is 6.42 Å². The molecule has 1 saturated heterocycles. The number of carbonyl (C=O) groups is 2. The molecule has 1 atom stereocenters. The summed E-state index contributed by atoms with van der Waals surface area (Å²) in [7, 11) is 0. The van der Waals surface area contributed by atoms with Gasteiger partial charge < -0.3 is 16.4 Å². The van der Waals surface area contributed by atoms with E-state index in [4.69, 9.17) is 5.73 Å². The van der Waals surface area contributed by atoms with Gasteiger partial charge in [-0.05, 0) is 13.3 Å². The van der Waals surface area contributed by atoms with Crippen molar-refractivity contribution in [1.82, 2.24) is 20.8 Å². The Labute approximate surface area is 98.1 Å². The number of hydrogen-bond donors (Lipinski definition) is 4. The minimum absolute atomic E-state index is 0.00714. The van der Waals surface area contributed by atoms with Crippen LogP contribution < -0.4 is 16.4 Å². The molecule has 17 heavy (non-hydrogen) atoms. The van der Waals surface area contributed by atoms with Gasteiger partial charge in [-0.25, -0.2) is 0 Å². The monoisotopic (exact) mass is 237 g/mol. The minimum Gasteiger partial charge on any atom is -0.395 e. The zero-order valence-electron chi connectivity index (χ0n) is 9.54. The van der Waals surface area contributed by atoms with E-state index in [1.165, 1.54) is 0 Å². The Morgan fingerprint density at radius 2 is 2.41 bits per heavy atom. The van der Waals surface area contributed by atoms with Crippen LogP contribution in [0.1, 0.15) is 29.0 Å². The molecule has 1 aliphatic rings. The number of nitrogens with two attached hydrogens (primary N) is 1. The van der Waals surface area contributed by atoms with Crippen molar-refractivity contribution in [2.75, 3.05) is 12.3 Å². The summed E-state index contributed by atoms with van der Waals surface area (Å²) in [6.07, 6.45) is 1.26. The molecule has 7 heteroatoms. The molecule has 5 N–H and O–H groups in total. The third kappa shape index (κ3) is 2.38. The lowest BCUT2D eigenvalue weighted by atomic mass is 10.2. The van der Waals surface area contributed by atoms with Gasteiger partial charge in [-0.3, -0.25) is 14.7 Å². The first kappa shape index (κ1) is 11.4. The van der Waals surface area contributed by atoms with Gasteiger partial charge in [0, 0.05) is 19.0 Å². The number of H-pyrrole nitrogens is 1. The molecule has 2 amide bonds. The summed E-state index contributed by atoms with van der Waals surface area (Å²) in [6.45, 7) is 2.15. The van der Waals surface area contributed by atoms with Gasteiger partial charge in [-0.2, -0.15) is 5.10 Å². The van der Waals surface area contributed by atoms with Crippen molar-refractivity contribution in [2.24, 2.45) is 0 Å². The predicted molar refractivity (Wildman–Crippen MR) is 61.2 cm³/mol. The fourth-order valence-electron chi connectivity index (χ4n) is 1.74. The second-order valence-corrected chi connectivity index (χ2v) is 4.12. The molecule has 0 radical (unpaired) electrons. The molecule has 0 saturated carbocycles. The van der Waals surface area contributed by atoms with Gasteiger partial charge in [0.1, 0.15) is 0 Å².